The largest absolute Gasteiger partial charge is 0.416 e. The van der Waals surface area contributed by atoms with Gasteiger partial charge in [0.05, 0.1) is 30.3 Å². The first-order valence-corrected chi connectivity index (χ1v) is 8.91. The van der Waals surface area contributed by atoms with E-state index in [0.29, 0.717) is 17.6 Å². The maximum absolute atomic E-state index is 12.4. The van der Waals surface area contributed by atoms with Gasteiger partial charge in [-0.1, -0.05) is 0 Å². The molecule has 29 heavy (non-hydrogen) atoms. The van der Waals surface area contributed by atoms with Gasteiger partial charge in [0.25, 0.3) is 5.91 Å². The van der Waals surface area contributed by atoms with Crippen LogP contribution in [0.4, 0.5) is 18.9 Å². The Morgan fingerprint density at radius 3 is 2.90 bits per heavy atom. The van der Waals surface area contributed by atoms with E-state index in [0.717, 1.165) is 11.1 Å². The smallest absolute Gasteiger partial charge is 0.382 e. The Kier molecular flexibility index (Phi) is 5.91. The average molecular weight is 408 g/mol. The molecule has 2 aromatic rings. The van der Waals surface area contributed by atoms with Crippen molar-refractivity contribution in [2.75, 3.05) is 24.5 Å². The van der Waals surface area contributed by atoms with Crippen molar-refractivity contribution in [3.05, 3.63) is 36.0 Å². The van der Waals surface area contributed by atoms with E-state index in [4.69, 9.17) is 9.84 Å². The van der Waals surface area contributed by atoms with Crippen molar-refractivity contribution >= 4 is 22.5 Å². The van der Waals surface area contributed by atoms with Crippen LogP contribution >= 0.6 is 0 Å². The van der Waals surface area contributed by atoms with Crippen LogP contribution in [0.15, 0.2) is 30.5 Å². The number of aromatic nitrogens is 1. The quantitative estimate of drug-likeness (QED) is 0.800. The Morgan fingerprint density at radius 2 is 2.21 bits per heavy atom. The number of nitriles is 1. The van der Waals surface area contributed by atoms with Crippen molar-refractivity contribution in [1.82, 2.24) is 10.3 Å². The van der Waals surface area contributed by atoms with Crippen molar-refractivity contribution in [2.24, 2.45) is 0 Å². The minimum atomic E-state index is -4.81. The molecule has 1 aromatic carbocycles. The van der Waals surface area contributed by atoms with Gasteiger partial charge in [0, 0.05) is 23.8 Å². The van der Waals surface area contributed by atoms with E-state index in [2.05, 4.69) is 16.4 Å². The van der Waals surface area contributed by atoms with Crippen LogP contribution in [0.3, 0.4) is 0 Å². The first kappa shape index (κ1) is 20.8. The highest BCUT2D eigenvalue weighted by Gasteiger charge is 2.39. The number of benzene rings is 1. The standard InChI is InChI=1S/C19H19F3N4O3/c1-11-9-26(10-15(29-11)18(28)25-8-16(27)19(20,21)22)14-5-4-12(7-23)17-13(14)3-2-6-24-17/h2-6,11,15-16,27H,8-10H2,1H3,(H,25,28)/t11-,15-,16-/m1/s1. The second-order valence-corrected chi connectivity index (χ2v) is 6.79. The summed E-state index contributed by atoms with van der Waals surface area (Å²) in [5.41, 5.74) is 1.69. The van der Waals surface area contributed by atoms with E-state index in [1.807, 2.05) is 11.0 Å². The third kappa shape index (κ3) is 4.58. The Hall–Kier alpha value is -2.90. The number of morpholine rings is 1. The number of carbonyl (C=O) groups is 1. The van der Waals surface area contributed by atoms with E-state index in [-0.39, 0.29) is 12.6 Å². The number of nitrogens with zero attached hydrogens (tertiary/aromatic N) is 3. The number of ether oxygens (including phenoxy) is 1. The molecule has 1 aliphatic heterocycles. The number of aliphatic hydroxyl groups excluding tert-OH is 1. The summed E-state index contributed by atoms with van der Waals surface area (Å²) in [7, 11) is 0. The highest BCUT2D eigenvalue weighted by atomic mass is 19.4. The molecule has 3 atom stereocenters. The van der Waals surface area contributed by atoms with Gasteiger partial charge in [-0.25, -0.2) is 0 Å². The lowest BCUT2D eigenvalue weighted by Gasteiger charge is -2.38. The number of pyridine rings is 1. The summed E-state index contributed by atoms with van der Waals surface area (Å²) in [5, 5.41) is 21.2. The van der Waals surface area contributed by atoms with E-state index in [1.54, 1.807) is 31.3 Å². The molecule has 0 radical (unpaired) electrons. The molecule has 10 heteroatoms. The lowest BCUT2D eigenvalue weighted by molar-refractivity contribution is -0.202. The van der Waals surface area contributed by atoms with Gasteiger partial charge in [-0.05, 0) is 31.2 Å². The van der Waals surface area contributed by atoms with Gasteiger partial charge in [-0.3, -0.25) is 9.78 Å². The summed E-state index contributed by atoms with van der Waals surface area (Å²) in [4.78, 5) is 18.5. The van der Waals surface area contributed by atoms with Gasteiger partial charge in [-0.2, -0.15) is 18.4 Å². The number of fused-ring (bicyclic) bond motifs is 1. The van der Waals surface area contributed by atoms with Crippen molar-refractivity contribution in [1.29, 1.82) is 5.26 Å². The first-order valence-electron chi connectivity index (χ1n) is 8.91. The summed E-state index contributed by atoms with van der Waals surface area (Å²) < 4.78 is 42.9. The minimum absolute atomic E-state index is 0.105. The van der Waals surface area contributed by atoms with Gasteiger partial charge < -0.3 is 20.1 Å². The molecule has 0 unspecified atom stereocenters. The highest BCUT2D eigenvalue weighted by molar-refractivity contribution is 5.95. The minimum Gasteiger partial charge on any atom is -0.382 e. The number of halogens is 3. The topological polar surface area (TPSA) is 98.5 Å². The van der Waals surface area contributed by atoms with E-state index in [1.165, 1.54) is 0 Å². The van der Waals surface area contributed by atoms with Crippen LogP contribution < -0.4 is 10.2 Å². The molecular formula is C19H19F3N4O3. The number of alkyl halides is 3. The van der Waals surface area contributed by atoms with E-state index in [9.17, 15) is 23.2 Å². The predicted octanol–water partition coefficient (Wildman–Crippen LogP) is 1.74. The van der Waals surface area contributed by atoms with E-state index >= 15 is 0 Å². The summed E-state index contributed by atoms with van der Waals surface area (Å²) in [6.07, 6.45) is -7.25. The van der Waals surface area contributed by atoms with Gasteiger partial charge in [0.15, 0.2) is 12.2 Å². The molecule has 7 nitrogen and oxygen atoms in total. The lowest BCUT2D eigenvalue weighted by Crippen LogP contribution is -2.54. The van der Waals surface area contributed by atoms with E-state index < -0.39 is 30.8 Å². The van der Waals surface area contributed by atoms with Crippen LogP contribution in [0.1, 0.15) is 12.5 Å². The fraction of sp³-hybridized carbons (Fsp3) is 0.421. The molecule has 0 aliphatic carbocycles. The molecule has 0 saturated carbocycles. The molecule has 2 N–H and O–H groups in total. The second kappa shape index (κ2) is 8.23. The van der Waals surface area contributed by atoms with Crippen LogP contribution in [0, 0.1) is 11.3 Å². The van der Waals surface area contributed by atoms with Crippen molar-refractivity contribution < 1.29 is 27.8 Å². The molecule has 1 saturated heterocycles. The molecular weight excluding hydrogens is 389 g/mol. The zero-order chi connectivity index (χ0) is 21.2. The molecule has 0 bridgehead atoms. The Labute approximate surface area is 164 Å². The van der Waals surface area contributed by atoms with Crippen LogP contribution in [0.5, 0.6) is 0 Å². The molecule has 0 spiro atoms. The zero-order valence-electron chi connectivity index (χ0n) is 15.5. The first-order chi connectivity index (χ1) is 13.7. The average Bonchev–Trinajstić information content (AvgIpc) is 2.69. The second-order valence-electron chi connectivity index (χ2n) is 6.79. The monoisotopic (exact) mass is 408 g/mol. The molecule has 1 aromatic heterocycles. The summed E-state index contributed by atoms with van der Waals surface area (Å²) in [6.45, 7) is 1.36. The third-order valence-corrected chi connectivity index (χ3v) is 4.61. The normalized spacial score (nSPS) is 20.9. The van der Waals surface area contributed by atoms with Crippen molar-refractivity contribution in [3.8, 4) is 6.07 Å². The molecule has 1 fully saturated rings. The zero-order valence-corrected chi connectivity index (χ0v) is 15.5. The van der Waals surface area contributed by atoms with Crippen molar-refractivity contribution in [3.63, 3.8) is 0 Å². The van der Waals surface area contributed by atoms with Crippen LogP contribution in [-0.4, -0.2) is 60.1 Å². The van der Waals surface area contributed by atoms with Crippen LogP contribution in [0.25, 0.3) is 10.9 Å². The Balaban J connectivity index is 1.80. The SMILES string of the molecule is C[C@@H]1CN(c2ccc(C#N)c3ncccc23)C[C@H](C(=O)NC[C@@H](O)C(F)(F)F)O1. The molecule has 1 aliphatic rings. The predicted molar refractivity (Wildman–Crippen MR) is 98.1 cm³/mol. The Bertz CT molecular complexity index is 944. The molecule has 2 heterocycles. The van der Waals surface area contributed by atoms with Gasteiger partial charge in [0.1, 0.15) is 6.07 Å². The summed E-state index contributed by atoms with van der Waals surface area (Å²) in [5.74, 6) is -0.735. The number of nitrogens with one attached hydrogen (secondary N) is 1. The Morgan fingerprint density at radius 1 is 1.45 bits per heavy atom. The highest BCUT2D eigenvalue weighted by Crippen LogP contribution is 2.30. The summed E-state index contributed by atoms with van der Waals surface area (Å²) >= 11 is 0. The number of amides is 1. The number of carbonyl (C=O) groups excluding carboxylic acids is 1. The maximum Gasteiger partial charge on any atom is 0.416 e. The molecule has 154 valence electrons. The number of anilines is 1. The van der Waals surface area contributed by atoms with Crippen molar-refractivity contribution in [2.45, 2.75) is 31.4 Å². The van der Waals surface area contributed by atoms with Gasteiger partial charge in [-0.15, -0.1) is 0 Å². The van der Waals surface area contributed by atoms with Gasteiger partial charge >= 0.3 is 6.18 Å². The van der Waals surface area contributed by atoms with Crippen LogP contribution in [0.2, 0.25) is 0 Å². The molecule has 3 rings (SSSR count). The fourth-order valence-electron chi connectivity index (χ4n) is 3.24. The summed E-state index contributed by atoms with van der Waals surface area (Å²) in [6, 6.07) is 9.03. The van der Waals surface area contributed by atoms with Gasteiger partial charge in [0.2, 0.25) is 0 Å². The number of hydrogen-bond acceptors (Lipinski definition) is 6. The van der Waals surface area contributed by atoms with Crippen LogP contribution in [-0.2, 0) is 9.53 Å². The number of aliphatic hydroxyl groups is 1. The maximum atomic E-state index is 12.4. The fourth-order valence-corrected chi connectivity index (χ4v) is 3.24. The molecule has 1 amide bonds. The lowest BCUT2D eigenvalue weighted by atomic mass is 10.1. The number of rotatable bonds is 4. The number of hydrogen-bond donors (Lipinski definition) is 2. The third-order valence-electron chi connectivity index (χ3n) is 4.61.